The molecule has 1 aromatic carbocycles. The van der Waals surface area contributed by atoms with E-state index in [1.807, 2.05) is 13.2 Å². The van der Waals surface area contributed by atoms with Crippen molar-refractivity contribution in [3.05, 3.63) is 40.1 Å². The molecule has 1 N–H and O–H groups in total. The molecule has 0 spiro atoms. The summed E-state index contributed by atoms with van der Waals surface area (Å²) < 4.78 is 1.65. The highest BCUT2D eigenvalue weighted by molar-refractivity contribution is 6.35. The molecular weight excluding hydrogens is 247 g/mol. The molecule has 0 unspecified atom stereocenters. The van der Waals surface area contributed by atoms with Gasteiger partial charge in [0, 0.05) is 18.3 Å². The Labute approximate surface area is 103 Å². The van der Waals surface area contributed by atoms with Crippen LogP contribution < -0.4 is 5.32 Å². The molecule has 1 heterocycles. The highest BCUT2D eigenvalue weighted by atomic mass is 35.5. The molecule has 0 atom stereocenters. The van der Waals surface area contributed by atoms with Crippen molar-refractivity contribution >= 4 is 28.9 Å². The lowest BCUT2D eigenvalue weighted by atomic mass is 10.3. The third kappa shape index (κ3) is 2.65. The van der Waals surface area contributed by atoms with Crippen LogP contribution in [-0.2, 0) is 13.6 Å². The number of aryl methyl sites for hydroxylation is 1. The average Bonchev–Trinajstić information content (AvgIpc) is 2.66. The summed E-state index contributed by atoms with van der Waals surface area (Å²) in [5.74, 6) is 0. The largest absolute Gasteiger partial charge is 0.378 e. The Hall–Kier alpha value is -1.26. The minimum atomic E-state index is 0.563. The first-order valence-electron chi connectivity index (χ1n) is 4.69. The van der Waals surface area contributed by atoms with E-state index in [1.165, 1.54) is 0 Å². The van der Waals surface area contributed by atoms with Gasteiger partial charge in [-0.3, -0.25) is 4.68 Å². The quantitative estimate of drug-likeness (QED) is 0.919. The molecule has 0 aliphatic carbocycles. The predicted molar refractivity (Wildman–Crippen MR) is 64.8 cm³/mol. The molecule has 2 rings (SSSR count). The number of halogens is 2. The number of hydrogen-bond donors (Lipinski definition) is 1. The van der Waals surface area contributed by atoms with Gasteiger partial charge in [-0.05, 0) is 18.2 Å². The number of nitrogens with one attached hydrogen (secondary N) is 1. The van der Waals surface area contributed by atoms with E-state index in [-0.39, 0.29) is 0 Å². The van der Waals surface area contributed by atoms with Crippen LogP contribution in [0.1, 0.15) is 5.69 Å². The second kappa shape index (κ2) is 4.72. The summed E-state index contributed by atoms with van der Waals surface area (Å²) in [5, 5.41) is 12.2. The van der Waals surface area contributed by atoms with E-state index in [0.717, 1.165) is 11.4 Å². The third-order valence-electron chi connectivity index (χ3n) is 2.04. The van der Waals surface area contributed by atoms with Crippen LogP contribution >= 0.6 is 23.2 Å². The molecule has 0 radical (unpaired) electrons. The summed E-state index contributed by atoms with van der Waals surface area (Å²) in [6.07, 6.45) is 1.84. The van der Waals surface area contributed by atoms with Gasteiger partial charge >= 0.3 is 0 Å². The molecule has 0 aliphatic heterocycles. The van der Waals surface area contributed by atoms with Crippen molar-refractivity contribution in [3.63, 3.8) is 0 Å². The lowest BCUT2D eigenvalue weighted by molar-refractivity contribution is 0.713. The SMILES string of the molecule is Cn1cc(CNc2cc(Cl)ccc2Cl)nn1. The van der Waals surface area contributed by atoms with Gasteiger partial charge in [0.15, 0.2) is 0 Å². The van der Waals surface area contributed by atoms with Crippen molar-refractivity contribution in [1.29, 1.82) is 0 Å². The van der Waals surface area contributed by atoms with Gasteiger partial charge in [0.25, 0.3) is 0 Å². The predicted octanol–water partition coefficient (Wildman–Crippen LogP) is 2.73. The lowest BCUT2D eigenvalue weighted by Crippen LogP contribution is -2.00. The fourth-order valence-corrected chi connectivity index (χ4v) is 1.65. The molecule has 0 fully saturated rings. The van der Waals surface area contributed by atoms with Crippen molar-refractivity contribution in [3.8, 4) is 0 Å². The van der Waals surface area contributed by atoms with Gasteiger partial charge in [0.05, 0.1) is 17.3 Å². The molecule has 4 nitrogen and oxygen atoms in total. The molecule has 2 aromatic rings. The van der Waals surface area contributed by atoms with E-state index in [4.69, 9.17) is 23.2 Å². The number of hydrogen-bond acceptors (Lipinski definition) is 3. The van der Waals surface area contributed by atoms with E-state index in [9.17, 15) is 0 Å². The van der Waals surface area contributed by atoms with Gasteiger partial charge < -0.3 is 5.32 Å². The number of benzene rings is 1. The zero-order chi connectivity index (χ0) is 11.5. The Balaban J connectivity index is 2.07. The Morgan fingerprint density at radius 2 is 2.19 bits per heavy atom. The summed E-state index contributed by atoms with van der Waals surface area (Å²) >= 11 is 11.9. The monoisotopic (exact) mass is 256 g/mol. The van der Waals surface area contributed by atoms with Crippen molar-refractivity contribution in [2.45, 2.75) is 6.54 Å². The van der Waals surface area contributed by atoms with Crippen LogP contribution in [0, 0.1) is 0 Å². The molecule has 16 heavy (non-hydrogen) atoms. The standard InChI is InChI=1S/C10H10Cl2N4/c1-16-6-8(14-15-16)5-13-10-4-7(11)2-3-9(10)12/h2-4,6,13H,5H2,1H3. The molecule has 84 valence electrons. The van der Waals surface area contributed by atoms with Crippen molar-refractivity contribution in [1.82, 2.24) is 15.0 Å². The topological polar surface area (TPSA) is 42.7 Å². The van der Waals surface area contributed by atoms with E-state index in [0.29, 0.717) is 16.6 Å². The minimum absolute atomic E-state index is 0.563. The molecule has 6 heteroatoms. The second-order valence-electron chi connectivity index (χ2n) is 3.36. The highest BCUT2D eigenvalue weighted by Crippen LogP contribution is 2.25. The lowest BCUT2D eigenvalue weighted by Gasteiger charge is -2.06. The molecule has 1 aromatic heterocycles. The molecule has 0 aliphatic rings. The summed E-state index contributed by atoms with van der Waals surface area (Å²) in [5.41, 5.74) is 1.64. The van der Waals surface area contributed by atoms with Gasteiger partial charge in [-0.2, -0.15) is 0 Å². The Bertz CT molecular complexity index is 495. The normalized spacial score (nSPS) is 10.4. The molecule has 0 bridgehead atoms. The summed E-state index contributed by atoms with van der Waals surface area (Å²) in [4.78, 5) is 0. The maximum absolute atomic E-state index is 6.01. The highest BCUT2D eigenvalue weighted by Gasteiger charge is 2.02. The van der Waals surface area contributed by atoms with Gasteiger partial charge in [0.2, 0.25) is 0 Å². The third-order valence-corrected chi connectivity index (χ3v) is 2.60. The van der Waals surface area contributed by atoms with Crippen molar-refractivity contribution in [2.24, 2.45) is 7.05 Å². The van der Waals surface area contributed by atoms with Gasteiger partial charge in [-0.1, -0.05) is 28.4 Å². The second-order valence-corrected chi connectivity index (χ2v) is 4.20. The maximum Gasteiger partial charge on any atom is 0.102 e. The van der Waals surface area contributed by atoms with Crippen LogP contribution in [0.4, 0.5) is 5.69 Å². The smallest absolute Gasteiger partial charge is 0.102 e. The first-order chi connectivity index (χ1) is 7.65. The Morgan fingerprint density at radius 3 is 2.88 bits per heavy atom. The van der Waals surface area contributed by atoms with E-state index >= 15 is 0 Å². The van der Waals surface area contributed by atoms with Crippen molar-refractivity contribution in [2.75, 3.05) is 5.32 Å². The van der Waals surface area contributed by atoms with Crippen LogP contribution in [0.25, 0.3) is 0 Å². The van der Waals surface area contributed by atoms with Crippen LogP contribution in [0.3, 0.4) is 0 Å². The zero-order valence-corrected chi connectivity index (χ0v) is 10.1. The number of aromatic nitrogens is 3. The van der Waals surface area contributed by atoms with E-state index in [2.05, 4.69) is 15.6 Å². The van der Waals surface area contributed by atoms with Crippen LogP contribution in [0.15, 0.2) is 24.4 Å². The van der Waals surface area contributed by atoms with E-state index < -0.39 is 0 Å². The minimum Gasteiger partial charge on any atom is -0.378 e. The van der Waals surface area contributed by atoms with Crippen molar-refractivity contribution < 1.29 is 0 Å². The first kappa shape index (κ1) is 11.2. The molecular formula is C10H10Cl2N4. The number of rotatable bonds is 3. The fourth-order valence-electron chi connectivity index (χ4n) is 1.30. The Morgan fingerprint density at radius 1 is 1.38 bits per heavy atom. The average molecular weight is 257 g/mol. The van der Waals surface area contributed by atoms with Crippen LogP contribution in [-0.4, -0.2) is 15.0 Å². The van der Waals surface area contributed by atoms with Crippen LogP contribution in [0.2, 0.25) is 10.0 Å². The summed E-state index contributed by atoms with van der Waals surface area (Å²) in [6, 6.07) is 5.28. The summed E-state index contributed by atoms with van der Waals surface area (Å²) in [6.45, 7) is 0.563. The van der Waals surface area contributed by atoms with Gasteiger partial charge in [0.1, 0.15) is 5.69 Å². The van der Waals surface area contributed by atoms with Gasteiger partial charge in [-0.25, -0.2) is 0 Å². The van der Waals surface area contributed by atoms with Gasteiger partial charge in [-0.15, -0.1) is 5.10 Å². The Kier molecular flexibility index (Phi) is 3.31. The number of anilines is 1. The zero-order valence-electron chi connectivity index (χ0n) is 8.61. The van der Waals surface area contributed by atoms with Crippen LogP contribution in [0.5, 0.6) is 0 Å². The molecule has 0 amide bonds. The molecule has 0 saturated heterocycles. The fraction of sp³-hybridized carbons (Fsp3) is 0.200. The molecule has 0 saturated carbocycles. The summed E-state index contributed by atoms with van der Waals surface area (Å²) in [7, 11) is 1.82. The maximum atomic E-state index is 6.01. The number of nitrogens with zero attached hydrogens (tertiary/aromatic N) is 3. The first-order valence-corrected chi connectivity index (χ1v) is 5.45. The van der Waals surface area contributed by atoms with E-state index in [1.54, 1.807) is 22.9 Å².